The first kappa shape index (κ1) is 22.1. The number of carbonyl (C=O) groups is 5. The minimum Gasteiger partial charge on any atom is -0.350 e. The molecule has 1 heterocycles. The van der Waals surface area contributed by atoms with Gasteiger partial charge in [-0.3, -0.25) is 24.0 Å². The van der Waals surface area contributed by atoms with Gasteiger partial charge in [0.2, 0.25) is 24.0 Å². The topological polar surface area (TPSA) is 125 Å². The van der Waals surface area contributed by atoms with E-state index in [1.807, 2.05) is 0 Å². The lowest BCUT2D eigenvalue weighted by Gasteiger charge is -2.35. The number of carbonyl (C=O) groups excluding carboxylic acids is 5. The van der Waals surface area contributed by atoms with Crippen LogP contribution in [-0.2, 0) is 24.0 Å². The van der Waals surface area contributed by atoms with Crippen LogP contribution >= 0.6 is 0 Å². The number of ketones is 1. The molecule has 9 nitrogen and oxygen atoms in total. The molecule has 1 aliphatic heterocycles. The number of amides is 4. The summed E-state index contributed by atoms with van der Waals surface area (Å²) in [6, 6.07) is -1.82. The van der Waals surface area contributed by atoms with E-state index < -0.39 is 29.7 Å². The third-order valence-electron chi connectivity index (χ3n) is 4.13. The molecule has 0 aliphatic carbocycles. The van der Waals surface area contributed by atoms with E-state index >= 15 is 0 Å². The molecular weight excluding hydrogens is 352 g/mol. The average molecular weight is 378 g/mol. The van der Waals surface area contributed by atoms with Crippen LogP contribution in [-0.4, -0.2) is 66.5 Å². The number of hydrogen-bond donors (Lipinski definition) is 3. The Morgan fingerprint density at radius 2 is 1.89 bits per heavy atom. The van der Waals surface area contributed by atoms with Crippen LogP contribution in [0.25, 0.3) is 0 Å². The molecule has 1 aliphatic rings. The monoisotopic (exact) mass is 378 g/mol. The quantitative estimate of drug-likeness (QED) is 0.243. The molecule has 2 atom stereocenters. The van der Waals surface area contributed by atoms with E-state index in [0.717, 1.165) is 12.8 Å². The number of nitrogens with zero attached hydrogens (tertiary/aromatic N) is 1. The number of likely N-dealkylation sites (tertiary alicyclic amines) is 1. The summed E-state index contributed by atoms with van der Waals surface area (Å²) in [6.45, 7) is 7.31. The second kappa shape index (κ2) is 11.6. The minimum atomic E-state index is -1.06. The molecule has 148 valence electrons. The molecule has 0 saturated carbocycles. The Balaban J connectivity index is 2.82. The van der Waals surface area contributed by atoms with E-state index in [1.165, 1.54) is 17.1 Å². The lowest BCUT2D eigenvalue weighted by atomic mass is 10.00. The van der Waals surface area contributed by atoms with E-state index in [1.54, 1.807) is 0 Å². The Bertz CT molecular complexity index is 605. The summed E-state index contributed by atoms with van der Waals surface area (Å²) in [4.78, 5) is 60.8. The van der Waals surface area contributed by atoms with Crippen molar-refractivity contribution < 1.29 is 24.0 Å². The first-order chi connectivity index (χ1) is 13.0. The van der Waals surface area contributed by atoms with Crippen molar-refractivity contribution in [1.29, 1.82) is 0 Å². The van der Waals surface area contributed by atoms with Gasteiger partial charge in [-0.1, -0.05) is 12.2 Å². The van der Waals surface area contributed by atoms with Gasteiger partial charge in [0.05, 0.1) is 6.54 Å². The lowest BCUT2D eigenvalue weighted by Crippen LogP contribution is -2.57. The Morgan fingerprint density at radius 3 is 2.52 bits per heavy atom. The van der Waals surface area contributed by atoms with Crippen molar-refractivity contribution in [2.75, 3.05) is 19.6 Å². The fourth-order valence-corrected chi connectivity index (χ4v) is 2.81. The van der Waals surface area contributed by atoms with Crippen molar-refractivity contribution >= 4 is 29.9 Å². The van der Waals surface area contributed by atoms with Gasteiger partial charge in [-0.15, -0.1) is 13.2 Å². The van der Waals surface area contributed by atoms with Gasteiger partial charge in [0.25, 0.3) is 5.91 Å². The van der Waals surface area contributed by atoms with E-state index in [4.69, 9.17) is 0 Å². The van der Waals surface area contributed by atoms with Crippen LogP contribution < -0.4 is 16.0 Å². The zero-order valence-electron chi connectivity index (χ0n) is 15.2. The van der Waals surface area contributed by atoms with Crippen LogP contribution in [0, 0.1) is 0 Å². The van der Waals surface area contributed by atoms with Gasteiger partial charge in [-0.25, -0.2) is 0 Å². The number of piperidine rings is 1. The van der Waals surface area contributed by atoms with Crippen molar-refractivity contribution in [3.63, 3.8) is 0 Å². The number of rotatable bonds is 11. The van der Waals surface area contributed by atoms with Gasteiger partial charge in [-0.2, -0.15) is 0 Å². The van der Waals surface area contributed by atoms with Crippen LogP contribution in [0.2, 0.25) is 0 Å². The van der Waals surface area contributed by atoms with Crippen LogP contribution in [0.1, 0.15) is 25.7 Å². The highest BCUT2D eigenvalue weighted by Crippen LogP contribution is 2.17. The predicted octanol–water partition coefficient (Wildman–Crippen LogP) is -0.954. The summed E-state index contributed by atoms with van der Waals surface area (Å²) < 4.78 is 0. The molecule has 3 N–H and O–H groups in total. The maximum Gasteiger partial charge on any atom is 0.289 e. The van der Waals surface area contributed by atoms with Crippen molar-refractivity contribution in [2.24, 2.45) is 0 Å². The molecule has 1 saturated heterocycles. The molecule has 0 aromatic carbocycles. The Hall–Kier alpha value is -2.97. The summed E-state index contributed by atoms with van der Waals surface area (Å²) in [7, 11) is 0. The predicted molar refractivity (Wildman–Crippen MR) is 98.4 cm³/mol. The fraction of sp³-hybridized carbons (Fsp3) is 0.500. The van der Waals surface area contributed by atoms with Gasteiger partial charge in [-0.05, 0) is 25.7 Å². The molecule has 1 fully saturated rings. The maximum atomic E-state index is 12.7. The normalized spacial score (nSPS) is 17.2. The highest BCUT2D eigenvalue weighted by molar-refractivity contribution is 6.38. The molecule has 0 aromatic rings. The molecule has 9 heteroatoms. The van der Waals surface area contributed by atoms with E-state index in [2.05, 4.69) is 29.1 Å². The second-order valence-corrected chi connectivity index (χ2v) is 6.05. The molecule has 0 spiro atoms. The third kappa shape index (κ3) is 6.69. The Labute approximate surface area is 158 Å². The first-order valence-electron chi connectivity index (χ1n) is 8.77. The summed E-state index contributed by atoms with van der Waals surface area (Å²) >= 11 is 0. The highest BCUT2D eigenvalue weighted by atomic mass is 16.2. The van der Waals surface area contributed by atoms with E-state index in [-0.39, 0.29) is 25.4 Å². The molecular formula is C18H26N4O5. The van der Waals surface area contributed by atoms with Crippen molar-refractivity contribution in [1.82, 2.24) is 20.9 Å². The van der Waals surface area contributed by atoms with Crippen LogP contribution in [0.15, 0.2) is 25.3 Å². The molecule has 0 radical (unpaired) electrons. The molecule has 1 rings (SSSR count). The summed E-state index contributed by atoms with van der Waals surface area (Å²) in [5.41, 5.74) is 0. The first-order valence-corrected chi connectivity index (χ1v) is 8.77. The molecule has 2 unspecified atom stereocenters. The molecule has 0 aromatic heterocycles. The minimum absolute atomic E-state index is 0.0828. The smallest absolute Gasteiger partial charge is 0.289 e. The summed E-state index contributed by atoms with van der Waals surface area (Å²) in [5, 5.41) is 7.22. The zero-order valence-corrected chi connectivity index (χ0v) is 15.2. The van der Waals surface area contributed by atoms with Gasteiger partial charge >= 0.3 is 0 Å². The van der Waals surface area contributed by atoms with Gasteiger partial charge < -0.3 is 20.9 Å². The highest BCUT2D eigenvalue weighted by Gasteiger charge is 2.34. The molecule has 4 amide bonds. The Kier molecular flexibility index (Phi) is 9.49. The Morgan fingerprint density at radius 1 is 1.15 bits per heavy atom. The van der Waals surface area contributed by atoms with Gasteiger partial charge in [0, 0.05) is 13.1 Å². The SMILES string of the molecule is C=CCNC(=O)C(=O)C(CC=C)NC(=O)C1CCCCN1C(=O)CNC=O. The maximum absolute atomic E-state index is 12.7. The molecule has 0 bridgehead atoms. The lowest BCUT2D eigenvalue weighted by molar-refractivity contribution is -0.144. The summed E-state index contributed by atoms with van der Waals surface area (Å²) in [6.07, 6.45) is 5.30. The second-order valence-electron chi connectivity index (χ2n) is 6.05. The van der Waals surface area contributed by atoms with Crippen LogP contribution in [0.4, 0.5) is 0 Å². The zero-order chi connectivity index (χ0) is 20.2. The van der Waals surface area contributed by atoms with Gasteiger partial charge in [0.15, 0.2) is 0 Å². The van der Waals surface area contributed by atoms with Crippen molar-refractivity contribution in [3.05, 3.63) is 25.3 Å². The number of hydrogen-bond acceptors (Lipinski definition) is 5. The van der Waals surface area contributed by atoms with Crippen molar-refractivity contribution in [2.45, 2.75) is 37.8 Å². The van der Waals surface area contributed by atoms with E-state index in [9.17, 15) is 24.0 Å². The van der Waals surface area contributed by atoms with Crippen molar-refractivity contribution in [3.8, 4) is 0 Å². The number of Topliss-reactive ketones (excluding diaryl/α,β-unsaturated/α-hetero) is 1. The molecule has 27 heavy (non-hydrogen) atoms. The van der Waals surface area contributed by atoms with E-state index in [0.29, 0.717) is 19.4 Å². The van der Waals surface area contributed by atoms with Crippen LogP contribution in [0.3, 0.4) is 0 Å². The van der Waals surface area contributed by atoms with Gasteiger partial charge in [0.1, 0.15) is 12.1 Å². The van der Waals surface area contributed by atoms with Crippen LogP contribution in [0.5, 0.6) is 0 Å². The fourth-order valence-electron chi connectivity index (χ4n) is 2.81. The largest absolute Gasteiger partial charge is 0.350 e. The standard InChI is InChI=1S/C18H26N4O5/c1-3-7-13(16(25)18(27)20-9-4-2)21-17(26)14-8-5-6-10-22(14)15(24)11-19-12-23/h3-4,12-14H,1-2,5-11H2,(H,19,23)(H,20,27)(H,21,26). The third-order valence-corrected chi connectivity index (χ3v) is 4.13. The average Bonchev–Trinajstić information content (AvgIpc) is 2.69. The summed E-state index contributed by atoms with van der Waals surface area (Å²) in [5.74, 6) is -2.50. The number of nitrogens with one attached hydrogen (secondary N) is 3.